The summed E-state index contributed by atoms with van der Waals surface area (Å²) in [7, 11) is 1.54. The molecule has 0 spiro atoms. The second kappa shape index (κ2) is 7.02. The SMILES string of the molecule is CNC(=O)c1c(NC(=O)c2ccccc2[N+](=O)[O-])sc2c1CCCC2. The highest BCUT2D eigenvalue weighted by atomic mass is 32.1. The first-order valence-electron chi connectivity index (χ1n) is 7.94. The first kappa shape index (κ1) is 17.1. The molecular formula is C17H17N3O4S. The predicted molar refractivity (Wildman–Crippen MR) is 95.4 cm³/mol. The average molecular weight is 359 g/mol. The smallest absolute Gasteiger partial charge is 0.282 e. The number of benzene rings is 1. The molecule has 2 aromatic rings. The van der Waals surface area contributed by atoms with E-state index in [4.69, 9.17) is 0 Å². The summed E-state index contributed by atoms with van der Waals surface area (Å²) >= 11 is 1.38. The van der Waals surface area contributed by atoms with Crippen molar-refractivity contribution in [2.75, 3.05) is 12.4 Å². The van der Waals surface area contributed by atoms with Crippen LogP contribution in [0.1, 0.15) is 44.0 Å². The summed E-state index contributed by atoms with van der Waals surface area (Å²) in [4.78, 5) is 36.5. The molecule has 0 saturated carbocycles. The number of hydrogen-bond acceptors (Lipinski definition) is 5. The number of rotatable bonds is 4. The molecule has 1 aliphatic carbocycles. The van der Waals surface area contributed by atoms with Crippen molar-refractivity contribution in [1.29, 1.82) is 0 Å². The van der Waals surface area contributed by atoms with Crippen molar-refractivity contribution in [1.82, 2.24) is 5.32 Å². The zero-order valence-electron chi connectivity index (χ0n) is 13.6. The highest BCUT2D eigenvalue weighted by Crippen LogP contribution is 2.38. The molecule has 0 atom stereocenters. The van der Waals surface area contributed by atoms with Crippen molar-refractivity contribution >= 4 is 33.8 Å². The zero-order valence-corrected chi connectivity index (χ0v) is 14.4. The lowest BCUT2D eigenvalue weighted by Gasteiger charge is -2.12. The molecular weight excluding hydrogens is 342 g/mol. The number of anilines is 1. The van der Waals surface area contributed by atoms with Crippen LogP contribution in [0.3, 0.4) is 0 Å². The molecule has 0 unspecified atom stereocenters. The molecule has 2 N–H and O–H groups in total. The Labute approximate surface area is 148 Å². The van der Waals surface area contributed by atoms with E-state index in [1.165, 1.54) is 29.5 Å². The van der Waals surface area contributed by atoms with E-state index in [1.807, 2.05) is 0 Å². The van der Waals surface area contributed by atoms with Gasteiger partial charge in [0.05, 0.1) is 10.5 Å². The number of para-hydroxylation sites is 1. The molecule has 0 radical (unpaired) electrons. The summed E-state index contributed by atoms with van der Waals surface area (Å²) in [6, 6.07) is 5.77. The quantitative estimate of drug-likeness (QED) is 0.647. The van der Waals surface area contributed by atoms with Crippen molar-refractivity contribution < 1.29 is 14.5 Å². The third-order valence-electron chi connectivity index (χ3n) is 4.20. The van der Waals surface area contributed by atoms with Gasteiger partial charge in [0.25, 0.3) is 17.5 Å². The maximum Gasteiger partial charge on any atom is 0.282 e. The first-order valence-corrected chi connectivity index (χ1v) is 8.76. The van der Waals surface area contributed by atoms with Crippen LogP contribution in [0.15, 0.2) is 24.3 Å². The Morgan fingerprint density at radius 3 is 2.60 bits per heavy atom. The van der Waals surface area contributed by atoms with Gasteiger partial charge in [-0.3, -0.25) is 19.7 Å². The van der Waals surface area contributed by atoms with E-state index in [1.54, 1.807) is 13.1 Å². The van der Waals surface area contributed by atoms with Crippen LogP contribution in [0, 0.1) is 10.1 Å². The number of nitrogens with one attached hydrogen (secondary N) is 2. The summed E-state index contributed by atoms with van der Waals surface area (Å²) in [5, 5.41) is 16.9. The topological polar surface area (TPSA) is 101 Å². The van der Waals surface area contributed by atoms with Gasteiger partial charge in [0.15, 0.2) is 0 Å². The lowest BCUT2D eigenvalue weighted by Crippen LogP contribution is -2.22. The summed E-state index contributed by atoms with van der Waals surface area (Å²) in [6.45, 7) is 0. The number of amides is 2. The fourth-order valence-electron chi connectivity index (χ4n) is 3.01. The minimum atomic E-state index is -0.589. The van der Waals surface area contributed by atoms with Crippen LogP contribution < -0.4 is 10.6 Å². The standard InChI is InChI=1S/C17H17N3O4S/c1-18-16(22)14-11-7-3-5-9-13(11)25-17(14)19-15(21)10-6-2-4-8-12(10)20(23)24/h2,4,6,8H,3,5,7,9H2,1H3,(H,18,22)(H,19,21). The van der Waals surface area contributed by atoms with Crippen molar-refractivity contribution in [2.45, 2.75) is 25.7 Å². The summed E-state index contributed by atoms with van der Waals surface area (Å²) < 4.78 is 0. The van der Waals surface area contributed by atoms with Gasteiger partial charge in [-0.1, -0.05) is 12.1 Å². The van der Waals surface area contributed by atoms with Crippen molar-refractivity contribution in [3.8, 4) is 0 Å². The van der Waals surface area contributed by atoms with E-state index >= 15 is 0 Å². The maximum atomic E-state index is 12.6. The Kier molecular flexibility index (Phi) is 4.80. The Hall–Kier alpha value is -2.74. The molecule has 1 heterocycles. The number of carbonyl (C=O) groups excluding carboxylic acids is 2. The van der Waals surface area contributed by atoms with Crippen LogP contribution in [-0.4, -0.2) is 23.8 Å². The van der Waals surface area contributed by atoms with E-state index in [0.29, 0.717) is 10.6 Å². The lowest BCUT2D eigenvalue weighted by molar-refractivity contribution is -0.385. The van der Waals surface area contributed by atoms with Gasteiger partial charge in [0.1, 0.15) is 10.6 Å². The third kappa shape index (κ3) is 3.25. The number of thiophene rings is 1. The Morgan fingerprint density at radius 1 is 1.16 bits per heavy atom. The molecule has 3 rings (SSSR count). The molecule has 0 fully saturated rings. The highest BCUT2D eigenvalue weighted by molar-refractivity contribution is 7.17. The number of aryl methyl sites for hydroxylation is 1. The summed E-state index contributed by atoms with van der Waals surface area (Å²) in [6.07, 6.45) is 3.74. The molecule has 130 valence electrons. The normalized spacial score (nSPS) is 13.0. The van der Waals surface area contributed by atoms with Crippen LogP contribution in [0.5, 0.6) is 0 Å². The Bertz CT molecular complexity index is 860. The van der Waals surface area contributed by atoms with Crippen LogP contribution in [0.2, 0.25) is 0 Å². The highest BCUT2D eigenvalue weighted by Gasteiger charge is 2.27. The minimum Gasteiger partial charge on any atom is -0.355 e. The number of fused-ring (bicyclic) bond motifs is 1. The fourth-order valence-corrected chi connectivity index (χ4v) is 4.30. The number of nitro benzene ring substituents is 1. The van der Waals surface area contributed by atoms with Crippen LogP contribution in [0.4, 0.5) is 10.7 Å². The van der Waals surface area contributed by atoms with E-state index < -0.39 is 10.8 Å². The zero-order chi connectivity index (χ0) is 18.0. The molecule has 8 heteroatoms. The lowest BCUT2D eigenvalue weighted by atomic mass is 9.95. The van der Waals surface area contributed by atoms with Gasteiger partial charge in [-0.2, -0.15) is 0 Å². The summed E-state index contributed by atoms with van der Waals surface area (Å²) in [5.41, 5.74) is 1.17. The second-order valence-electron chi connectivity index (χ2n) is 5.72. The maximum absolute atomic E-state index is 12.6. The Morgan fingerprint density at radius 2 is 1.88 bits per heavy atom. The minimum absolute atomic E-state index is 0.0262. The van der Waals surface area contributed by atoms with Crippen LogP contribution >= 0.6 is 11.3 Å². The largest absolute Gasteiger partial charge is 0.355 e. The summed E-state index contributed by atoms with van der Waals surface area (Å²) in [5.74, 6) is -0.840. The predicted octanol–water partition coefficient (Wildman–Crippen LogP) is 3.15. The second-order valence-corrected chi connectivity index (χ2v) is 6.83. The monoisotopic (exact) mass is 359 g/mol. The molecule has 0 saturated heterocycles. The molecule has 0 aliphatic heterocycles. The van der Waals surface area contributed by atoms with Gasteiger partial charge in [-0.05, 0) is 37.3 Å². The van der Waals surface area contributed by atoms with Gasteiger partial charge in [0, 0.05) is 18.0 Å². The van der Waals surface area contributed by atoms with Gasteiger partial charge in [-0.25, -0.2) is 0 Å². The van der Waals surface area contributed by atoms with Gasteiger partial charge < -0.3 is 10.6 Å². The molecule has 0 bridgehead atoms. The van der Waals surface area contributed by atoms with Crippen molar-refractivity contribution in [3.05, 3.63) is 55.9 Å². The number of carbonyl (C=O) groups is 2. The third-order valence-corrected chi connectivity index (χ3v) is 5.41. The molecule has 1 aliphatic rings. The van der Waals surface area contributed by atoms with Crippen molar-refractivity contribution in [3.63, 3.8) is 0 Å². The van der Waals surface area contributed by atoms with Crippen LogP contribution in [0.25, 0.3) is 0 Å². The van der Waals surface area contributed by atoms with E-state index in [2.05, 4.69) is 10.6 Å². The fraction of sp³-hybridized carbons (Fsp3) is 0.294. The van der Waals surface area contributed by atoms with Crippen LogP contribution in [-0.2, 0) is 12.8 Å². The molecule has 1 aromatic heterocycles. The molecule has 25 heavy (non-hydrogen) atoms. The average Bonchev–Trinajstić information content (AvgIpc) is 2.98. The number of hydrogen-bond donors (Lipinski definition) is 2. The van der Waals surface area contributed by atoms with E-state index in [0.717, 1.165) is 36.1 Å². The number of nitro groups is 1. The molecule has 2 amide bonds. The van der Waals surface area contributed by atoms with Gasteiger partial charge >= 0.3 is 0 Å². The Balaban J connectivity index is 1.98. The van der Waals surface area contributed by atoms with Crippen molar-refractivity contribution in [2.24, 2.45) is 0 Å². The van der Waals surface area contributed by atoms with E-state index in [-0.39, 0.29) is 17.2 Å². The van der Waals surface area contributed by atoms with Gasteiger partial charge in [0.2, 0.25) is 0 Å². The van der Waals surface area contributed by atoms with E-state index in [9.17, 15) is 19.7 Å². The molecule has 7 nitrogen and oxygen atoms in total. The molecule has 1 aromatic carbocycles. The number of nitrogens with zero attached hydrogens (tertiary/aromatic N) is 1. The van der Waals surface area contributed by atoms with Gasteiger partial charge in [-0.15, -0.1) is 11.3 Å². The first-order chi connectivity index (χ1) is 12.0.